The van der Waals surface area contributed by atoms with Crippen LogP contribution in [0.1, 0.15) is 78.1 Å². The Hall–Kier alpha value is -0.120. The van der Waals surface area contributed by atoms with Crippen LogP contribution in [0.2, 0.25) is 0 Å². The lowest BCUT2D eigenvalue weighted by atomic mass is 9.76. The molecule has 0 saturated heterocycles. The van der Waals surface area contributed by atoms with Crippen LogP contribution in [-0.2, 0) is 0 Å². The molecule has 0 aliphatic heterocycles. The van der Waals surface area contributed by atoms with Crippen molar-refractivity contribution in [3.63, 3.8) is 0 Å². The first kappa shape index (κ1) is 16.3. The van der Waals surface area contributed by atoms with Crippen molar-refractivity contribution in [2.45, 2.75) is 89.6 Å². The van der Waals surface area contributed by atoms with Crippen LogP contribution in [-0.4, -0.2) is 29.6 Å². The molecule has 1 unspecified atom stereocenters. The Morgan fingerprint density at radius 3 is 2.00 bits per heavy atom. The third kappa shape index (κ3) is 3.20. The van der Waals surface area contributed by atoms with E-state index in [4.69, 9.17) is 5.84 Å². The Morgan fingerprint density at radius 2 is 1.55 bits per heavy atom. The summed E-state index contributed by atoms with van der Waals surface area (Å²) in [4.78, 5) is 2.70. The molecule has 3 nitrogen and oxygen atoms in total. The summed E-state index contributed by atoms with van der Waals surface area (Å²) in [5, 5.41) is 0. The number of nitrogens with two attached hydrogens (primary N) is 1. The van der Waals surface area contributed by atoms with E-state index < -0.39 is 0 Å². The van der Waals surface area contributed by atoms with E-state index >= 15 is 0 Å². The molecule has 0 aromatic rings. The Bertz CT molecular complexity index is 261. The molecule has 20 heavy (non-hydrogen) atoms. The standard InChI is InChI=1S/C17H35N3/c1-3-20(4-2)17(13-9-10-14-17)16(19-18)15-11-7-5-6-8-12-15/h15-16,19H,3-14,18H2,1-2H3. The van der Waals surface area contributed by atoms with Crippen LogP contribution in [0.4, 0.5) is 0 Å². The minimum atomic E-state index is 0.327. The molecule has 0 amide bonds. The summed E-state index contributed by atoms with van der Waals surface area (Å²) in [5.41, 5.74) is 3.62. The number of nitrogens with zero attached hydrogens (tertiary/aromatic N) is 1. The second-order valence-electron chi connectivity index (χ2n) is 6.88. The topological polar surface area (TPSA) is 41.3 Å². The zero-order chi connectivity index (χ0) is 14.4. The molecular formula is C17H35N3. The van der Waals surface area contributed by atoms with E-state index in [0.717, 1.165) is 19.0 Å². The van der Waals surface area contributed by atoms with Gasteiger partial charge in [0.05, 0.1) is 0 Å². The average molecular weight is 281 g/mol. The highest BCUT2D eigenvalue weighted by atomic mass is 15.3. The number of hydrogen-bond acceptors (Lipinski definition) is 3. The fourth-order valence-electron chi connectivity index (χ4n) is 5.04. The van der Waals surface area contributed by atoms with Crippen molar-refractivity contribution < 1.29 is 0 Å². The van der Waals surface area contributed by atoms with E-state index in [2.05, 4.69) is 24.2 Å². The molecular weight excluding hydrogens is 246 g/mol. The van der Waals surface area contributed by atoms with E-state index in [0.29, 0.717) is 11.6 Å². The third-order valence-corrected chi connectivity index (χ3v) is 5.99. The van der Waals surface area contributed by atoms with E-state index in [1.54, 1.807) is 0 Å². The Balaban J connectivity index is 2.19. The number of nitrogens with one attached hydrogen (secondary N) is 1. The molecule has 0 aromatic carbocycles. The van der Waals surface area contributed by atoms with Crippen molar-refractivity contribution in [2.75, 3.05) is 13.1 Å². The predicted molar refractivity (Wildman–Crippen MR) is 86.4 cm³/mol. The first-order chi connectivity index (χ1) is 9.78. The van der Waals surface area contributed by atoms with Crippen LogP contribution in [0.15, 0.2) is 0 Å². The van der Waals surface area contributed by atoms with Crippen LogP contribution in [0, 0.1) is 5.92 Å². The van der Waals surface area contributed by atoms with Gasteiger partial charge in [0, 0.05) is 11.6 Å². The van der Waals surface area contributed by atoms with Crippen molar-refractivity contribution >= 4 is 0 Å². The lowest BCUT2D eigenvalue weighted by Gasteiger charge is -2.49. The van der Waals surface area contributed by atoms with E-state index in [9.17, 15) is 0 Å². The molecule has 2 aliphatic rings. The molecule has 0 heterocycles. The van der Waals surface area contributed by atoms with Crippen molar-refractivity contribution in [1.29, 1.82) is 0 Å². The SMILES string of the molecule is CCN(CC)C1(C(NN)C2CCCCCC2)CCCC1. The fraction of sp³-hybridized carbons (Fsp3) is 1.00. The van der Waals surface area contributed by atoms with Gasteiger partial charge in [0.1, 0.15) is 0 Å². The molecule has 0 radical (unpaired) electrons. The minimum Gasteiger partial charge on any atom is -0.297 e. The van der Waals surface area contributed by atoms with Gasteiger partial charge in [0.15, 0.2) is 0 Å². The van der Waals surface area contributed by atoms with Crippen LogP contribution in [0.5, 0.6) is 0 Å². The number of hydrogen-bond donors (Lipinski definition) is 2. The first-order valence-electron chi connectivity index (χ1n) is 8.99. The number of rotatable bonds is 6. The Labute approximate surface area is 125 Å². The highest BCUT2D eigenvalue weighted by Crippen LogP contribution is 2.42. The zero-order valence-electron chi connectivity index (χ0n) is 13.7. The molecule has 2 saturated carbocycles. The molecule has 118 valence electrons. The third-order valence-electron chi connectivity index (χ3n) is 5.99. The van der Waals surface area contributed by atoms with Crippen molar-refractivity contribution in [3.8, 4) is 0 Å². The summed E-state index contributed by atoms with van der Waals surface area (Å²) in [7, 11) is 0. The Kier molecular flexibility index (Phi) is 6.31. The Morgan fingerprint density at radius 1 is 1.00 bits per heavy atom. The average Bonchev–Trinajstić information content (AvgIpc) is 2.79. The van der Waals surface area contributed by atoms with Crippen LogP contribution in [0.25, 0.3) is 0 Å². The van der Waals surface area contributed by atoms with Crippen molar-refractivity contribution in [1.82, 2.24) is 10.3 Å². The van der Waals surface area contributed by atoms with E-state index in [1.165, 1.54) is 64.2 Å². The van der Waals surface area contributed by atoms with Crippen molar-refractivity contribution in [2.24, 2.45) is 11.8 Å². The van der Waals surface area contributed by atoms with Gasteiger partial charge in [-0.3, -0.25) is 16.2 Å². The molecule has 3 heteroatoms. The van der Waals surface area contributed by atoms with E-state index in [1.807, 2.05) is 0 Å². The number of hydrazine groups is 1. The summed E-state index contributed by atoms with van der Waals surface area (Å²) in [6.07, 6.45) is 13.8. The molecule has 2 fully saturated rings. The summed E-state index contributed by atoms with van der Waals surface area (Å²) < 4.78 is 0. The second kappa shape index (κ2) is 7.77. The fourth-order valence-corrected chi connectivity index (χ4v) is 5.04. The molecule has 3 N–H and O–H groups in total. The van der Waals surface area contributed by atoms with Crippen LogP contribution in [0.3, 0.4) is 0 Å². The normalized spacial score (nSPS) is 25.8. The van der Waals surface area contributed by atoms with Gasteiger partial charge in [-0.15, -0.1) is 0 Å². The molecule has 0 bridgehead atoms. The van der Waals surface area contributed by atoms with Gasteiger partial charge in [-0.1, -0.05) is 52.4 Å². The van der Waals surface area contributed by atoms with Gasteiger partial charge in [0.25, 0.3) is 0 Å². The highest BCUT2D eigenvalue weighted by Gasteiger charge is 2.47. The largest absolute Gasteiger partial charge is 0.297 e. The second-order valence-corrected chi connectivity index (χ2v) is 6.88. The lowest BCUT2D eigenvalue weighted by Crippen LogP contribution is -2.64. The minimum absolute atomic E-state index is 0.327. The summed E-state index contributed by atoms with van der Waals surface area (Å²) >= 11 is 0. The van der Waals surface area contributed by atoms with Crippen LogP contribution >= 0.6 is 0 Å². The van der Waals surface area contributed by atoms with Gasteiger partial charge in [0.2, 0.25) is 0 Å². The summed E-state index contributed by atoms with van der Waals surface area (Å²) in [5.74, 6) is 6.87. The monoisotopic (exact) mass is 281 g/mol. The molecule has 1 atom stereocenters. The van der Waals surface area contributed by atoms with Gasteiger partial charge >= 0.3 is 0 Å². The number of likely N-dealkylation sites (N-methyl/N-ethyl adjacent to an activating group) is 1. The van der Waals surface area contributed by atoms with Crippen LogP contribution < -0.4 is 11.3 Å². The van der Waals surface area contributed by atoms with Crippen molar-refractivity contribution in [3.05, 3.63) is 0 Å². The molecule has 2 rings (SSSR count). The van der Waals surface area contributed by atoms with Gasteiger partial charge in [-0.2, -0.15) is 0 Å². The summed E-state index contributed by atoms with van der Waals surface area (Å²) in [6.45, 7) is 6.93. The smallest absolute Gasteiger partial charge is 0.0422 e. The maximum absolute atomic E-state index is 6.09. The zero-order valence-corrected chi connectivity index (χ0v) is 13.7. The molecule has 0 spiro atoms. The first-order valence-corrected chi connectivity index (χ1v) is 8.99. The predicted octanol–water partition coefficient (Wildman–Crippen LogP) is 3.44. The van der Waals surface area contributed by atoms with Gasteiger partial charge < -0.3 is 0 Å². The summed E-state index contributed by atoms with van der Waals surface area (Å²) in [6, 6.07) is 0.489. The maximum Gasteiger partial charge on any atom is 0.0422 e. The maximum atomic E-state index is 6.09. The quantitative estimate of drug-likeness (QED) is 0.445. The van der Waals surface area contributed by atoms with E-state index in [-0.39, 0.29) is 0 Å². The molecule has 0 aromatic heterocycles. The van der Waals surface area contributed by atoms with Gasteiger partial charge in [-0.05, 0) is 44.7 Å². The van der Waals surface area contributed by atoms with Gasteiger partial charge in [-0.25, -0.2) is 0 Å². The molecule has 2 aliphatic carbocycles. The lowest BCUT2D eigenvalue weighted by molar-refractivity contribution is 0.0352. The highest BCUT2D eigenvalue weighted by molar-refractivity contribution is 5.05.